The third-order valence-electron chi connectivity index (χ3n) is 5.48. The molecule has 0 aromatic heterocycles. The summed E-state index contributed by atoms with van der Waals surface area (Å²) in [6, 6.07) is 2.06. The predicted octanol–water partition coefficient (Wildman–Crippen LogP) is 5.68. The lowest BCUT2D eigenvalue weighted by Gasteiger charge is -2.25. The average Bonchev–Trinajstić information content (AvgIpc) is 2.61. The summed E-state index contributed by atoms with van der Waals surface area (Å²) in [4.78, 5) is 10.4. The van der Waals surface area contributed by atoms with E-state index in [1.165, 1.54) is 64.2 Å². The van der Waals surface area contributed by atoms with Crippen LogP contribution in [-0.4, -0.2) is 6.29 Å². The molecule has 2 nitrogen and oxygen atoms in total. The molecule has 0 bridgehead atoms. The van der Waals surface area contributed by atoms with Crippen molar-refractivity contribution >= 4 is 6.29 Å². The van der Waals surface area contributed by atoms with E-state index in [1.807, 2.05) is 6.92 Å². The van der Waals surface area contributed by atoms with Gasteiger partial charge in [-0.25, -0.2) is 0 Å². The fourth-order valence-electron chi connectivity index (χ4n) is 3.78. The van der Waals surface area contributed by atoms with E-state index >= 15 is 0 Å². The van der Waals surface area contributed by atoms with Crippen molar-refractivity contribution in [2.24, 2.45) is 23.7 Å². The fraction of sp³-hybridized carbons (Fsp3) is 0.800. The minimum absolute atomic E-state index is 0.306. The van der Waals surface area contributed by atoms with Crippen LogP contribution in [-0.2, 0) is 4.79 Å². The van der Waals surface area contributed by atoms with Crippen molar-refractivity contribution < 1.29 is 4.79 Å². The van der Waals surface area contributed by atoms with Gasteiger partial charge < -0.3 is 4.79 Å². The molecular formula is C20H33NO. The highest BCUT2D eigenvalue weighted by atomic mass is 16.1. The Morgan fingerprint density at radius 1 is 0.864 bits per heavy atom. The molecule has 0 N–H and O–H groups in total. The maximum absolute atomic E-state index is 10.4. The summed E-state index contributed by atoms with van der Waals surface area (Å²) in [5.74, 6) is 2.44. The molecule has 2 unspecified atom stereocenters. The first-order valence-electron chi connectivity index (χ1n) is 9.20. The summed E-state index contributed by atoms with van der Waals surface area (Å²) in [6.45, 7) is 4.27. The summed E-state index contributed by atoms with van der Waals surface area (Å²) in [5, 5.41) is 8.38. The molecule has 0 aromatic rings. The zero-order chi connectivity index (χ0) is 16.2. The van der Waals surface area contributed by atoms with Crippen LogP contribution in [0, 0.1) is 35.0 Å². The second-order valence-electron chi connectivity index (χ2n) is 7.14. The largest absolute Gasteiger partial charge is 0.303 e. The highest BCUT2D eigenvalue weighted by Gasteiger charge is 2.19. The Bertz CT molecular complexity index is 356. The van der Waals surface area contributed by atoms with Crippen molar-refractivity contribution in [3.63, 3.8) is 0 Å². The molecule has 2 fully saturated rings. The molecule has 0 amide bonds. The van der Waals surface area contributed by atoms with E-state index in [9.17, 15) is 4.79 Å². The van der Waals surface area contributed by atoms with Crippen molar-refractivity contribution in [2.75, 3.05) is 0 Å². The number of rotatable bonds is 4. The lowest BCUT2D eigenvalue weighted by atomic mass is 9.81. The van der Waals surface area contributed by atoms with Gasteiger partial charge in [0.05, 0.1) is 6.07 Å². The third kappa shape index (κ3) is 7.25. The van der Waals surface area contributed by atoms with Crippen molar-refractivity contribution in [1.29, 1.82) is 5.26 Å². The first-order chi connectivity index (χ1) is 10.7. The quantitative estimate of drug-likeness (QED) is 0.495. The highest BCUT2D eigenvalue weighted by Crippen LogP contribution is 2.30. The minimum atomic E-state index is 0.306. The molecule has 0 spiro atoms. The summed E-state index contributed by atoms with van der Waals surface area (Å²) in [7, 11) is 0. The molecule has 0 saturated heterocycles. The van der Waals surface area contributed by atoms with Crippen LogP contribution < -0.4 is 0 Å². The zero-order valence-electron chi connectivity index (χ0n) is 14.5. The number of allylic oxidation sites excluding steroid dienone is 2. The molecule has 2 aliphatic carbocycles. The molecule has 22 heavy (non-hydrogen) atoms. The van der Waals surface area contributed by atoms with Gasteiger partial charge in [-0.05, 0) is 43.4 Å². The van der Waals surface area contributed by atoms with E-state index in [-0.39, 0.29) is 0 Å². The monoisotopic (exact) mass is 303 g/mol. The van der Waals surface area contributed by atoms with E-state index in [2.05, 4.69) is 19.1 Å². The summed E-state index contributed by atoms with van der Waals surface area (Å²) in [6.07, 6.45) is 18.3. The van der Waals surface area contributed by atoms with Gasteiger partial charge in [-0.3, -0.25) is 0 Å². The Hall–Kier alpha value is -1.10. The van der Waals surface area contributed by atoms with Crippen LogP contribution in [0.1, 0.15) is 78.1 Å². The molecule has 124 valence electrons. The average molecular weight is 303 g/mol. The lowest BCUT2D eigenvalue weighted by molar-refractivity contribution is -0.112. The SMILES string of the molecule is CC(C=CC#N)C1CCCCC1.CC(C=O)C1CCCCC1. The van der Waals surface area contributed by atoms with Crippen LogP contribution in [0.3, 0.4) is 0 Å². The molecular weight excluding hydrogens is 270 g/mol. The number of carbonyl (C=O) groups excluding carboxylic acids is 1. The number of hydrogen-bond donors (Lipinski definition) is 0. The van der Waals surface area contributed by atoms with Crippen LogP contribution in [0.4, 0.5) is 0 Å². The van der Waals surface area contributed by atoms with Crippen molar-refractivity contribution in [3.05, 3.63) is 12.2 Å². The van der Waals surface area contributed by atoms with Gasteiger partial charge in [0.2, 0.25) is 0 Å². The molecule has 2 aliphatic rings. The maximum atomic E-state index is 10.4. The summed E-state index contributed by atoms with van der Waals surface area (Å²) < 4.78 is 0. The normalized spacial score (nSPS) is 23.1. The van der Waals surface area contributed by atoms with Gasteiger partial charge >= 0.3 is 0 Å². The van der Waals surface area contributed by atoms with Gasteiger partial charge in [0, 0.05) is 12.0 Å². The van der Waals surface area contributed by atoms with E-state index in [1.54, 1.807) is 6.08 Å². The van der Waals surface area contributed by atoms with Gasteiger partial charge in [0.25, 0.3) is 0 Å². The van der Waals surface area contributed by atoms with Crippen LogP contribution >= 0.6 is 0 Å². The second-order valence-corrected chi connectivity index (χ2v) is 7.14. The second kappa shape index (κ2) is 11.5. The molecule has 2 saturated carbocycles. The number of nitriles is 1. The summed E-state index contributed by atoms with van der Waals surface area (Å²) in [5.41, 5.74) is 0. The molecule has 2 rings (SSSR count). The molecule has 0 aromatic carbocycles. The first-order valence-corrected chi connectivity index (χ1v) is 9.20. The Morgan fingerprint density at radius 2 is 1.32 bits per heavy atom. The van der Waals surface area contributed by atoms with Crippen molar-refractivity contribution in [2.45, 2.75) is 78.1 Å². The number of carbonyl (C=O) groups is 1. The molecule has 2 heteroatoms. The topological polar surface area (TPSA) is 40.9 Å². The van der Waals surface area contributed by atoms with Crippen molar-refractivity contribution in [3.8, 4) is 6.07 Å². The minimum Gasteiger partial charge on any atom is -0.303 e. The van der Waals surface area contributed by atoms with Crippen LogP contribution in [0.5, 0.6) is 0 Å². The van der Waals surface area contributed by atoms with Crippen molar-refractivity contribution in [1.82, 2.24) is 0 Å². The Balaban J connectivity index is 0.000000224. The van der Waals surface area contributed by atoms with Crippen LogP contribution in [0.15, 0.2) is 12.2 Å². The van der Waals surface area contributed by atoms with Gasteiger partial charge in [0.1, 0.15) is 6.29 Å². The van der Waals surface area contributed by atoms with E-state index < -0.39 is 0 Å². The van der Waals surface area contributed by atoms with Crippen LogP contribution in [0.25, 0.3) is 0 Å². The van der Waals surface area contributed by atoms with E-state index in [0.29, 0.717) is 17.8 Å². The number of nitrogens with zero attached hydrogens (tertiary/aromatic N) is 1. The third-order valence-corrected chi connectivity index (χ3v) is 5.48. The summed E-state index contributed by atoms with van der Waals surface area (Å²) >= 11 is 0. The molecule has 0 heterocycles. The zero-order valence-corrected chi connectivity index (χ0v) is 14.5. The number of hydrogen-bond acceptors (Lipinski definition) is 2. The van der Waals surface area contributed by atoms with Gasteiger partial charge in [-0.1, -0.05) is 58.4 Å². The smallest absolute Gasteiger partial charge is 0.123 e. The lowest BCUT2D eigenvalue weighted by Crippen LogP contribution is -2.15. The first kappa shape index (κ1) is 18.9. The van der Waals surface area contributed by atoms with Gasteiger partial charge in [0.15, 0.2) is 0 Å². The highest BCUT2D eigenvalue weighted by molar-refractivity contribution is 5.53. The predicted molar refractivity (Wildman–Crippen MR) is 92.3 cm³/mol. The van der Waals surface area contributed by atoms with E-state index in [4.69, 9.17) is 5.26 Å². The van der Waals surface area contributed by atoms with Gasteiger partial charge in [-0.2, -0.15) is 5.26 Å². The van der Waals surface area contributed by atoms with E-state index in [0.717, 1.165) is 12.2 Å². The molecule has 2 atom stereocenters. The fourth-order valence-corrected chi connectivity index (χ4v) is 3.78. The molecule has 0 radical (unpaired) electrons. The maximum Gasteiger partial charge on any atom is 0.123 e. The Morgan fingerprint density at radius 3 is 1.73 bits per heavy atom. The molecule has 0 aliphatic heterocycles. The van der Waals surface area contributed by atoms with Crippen LogP contribution in [0.2, 0.25) is 0 Å². The van der Waals surface area contributed by atoms with Gasteiger partial charge in [-0.15, -0.1) is 0 Å². The number of aldehydes is 1. The Kier molecular flexibility index (Phi) is 9.87. The standard InChI is InChI=1S/C11H17N.C9H16O/c1-10(6-5-9-12)11-7-3-2-4-8-11;1-8(7-10)9-5-3-2-4-6-9/h5-6,10-11H,2-4,7-8H2,1H3;7-9H,2-6H2,1H3. The Labute approximate surface area is 137 Å².